The van der Waals surface area contributed by atoms with Crippen LogP contribution < -0.4 is 5.32 Å². The third-order valence-electron chi connectivity index (χ3n) is 2.50. The summed E-state index contributed by atoms with van der Waals surface area (Å²) in [5.41, 5.74) is 1.19. The Hall–Kier alpha value is -1.48. The molecule has 1 rings (SSSR count). The SMILES string of the molecule is CC(C)(C)C=CCOC(=O)NCCc1cccc(Cl)c1. The zero-order chi connectivity index (χ0) is 15.0. The van der Waals surface area contributed by atoms with Crippen molar-refractivity contribution in [3.63, 3.8) is 0 Å². The average molecular weight is 296 g/mol. The van der Waals surface area contributed by atoms with E-state index in [1.54, 1.807) is 0 Å². The van der Waals surface area contributed by atoms with Crippen LogP contribution in [0.25, 0.3) is 0 Å². The van der Waals surface area contributed by atoms with Crippen molar-refractivity contribution in [3.05, 3.63) is 47.0 Å². The molecule has 20 heavy (non-hydrogen) atoms. The minimum Gasteiger partial charge on any atom is -0.445 e. The Morgan fingerprint density at radius 1 is 1.40 bits per heavy atom. The van der Waals surface area contributed by atoms with Crippen LogP contribution in [-0.4, -0.2) is 19.2 Å². The molecular weight excluding hydrogens is 274 g/mol. The van der Waals surface area contributed by atoms with Gasteiger partial charge in [-0.05, 0) is 29.5 Å². The molecule has 0 unspecified atom stereocenters. The van der Waals surface area contributed by atoms with E-state index >= 15 is 0 Å². The normalized spacial score (nSPS) is 11.6. The molecule has 0 saturated carbocycles. The molecule has 0 saturated heterocycles. The maximum Gasteiger partial charge on any atom is 0.407 e. The van der Waals surface area contributed by atoms with Gasteiger partial charge in [0.15, 0.2) is 0 Å². The summed E-state index contributed by atoms with van der Waals surface area (Å²) in [5, 5.41) is 3.42. The number of carbonyl (C=O) groups excluding carboxylic acids is 1. The van der Waals surface area contributed by atoms with Crippen LogP contribution in [-0.2, 0) is 11.2 Å². The van der Waals surface area contributed by atoms with E-state index in [0.29, 0.717) is 18.2 Å². The van der Waals surface area contributed by atoms with Crippen LogP contribution in [0.15, 0.2) is 36.4 Å². The van der Waals surface area contributed by atoms with Gasteiger partial charge in [0, 0.05) is 11.6 Å². The number of rotatable bonds is 5. The molecule has 0 fully saturated rings. The number of halogens is 1. The van der Waals surface area contributed by atoms with Crippen molar-refractivity contribution in [2.45, 2.75) is 27.2 Å². The Morgan fingerprint density at radius 3 is 2.80 bits per heavy atom. The highest BCUT2D eigenvalue weighted by Crippen LogP contribution is 2.14. The van der Waals surface area contributed by atoms with E-state index < -0.39 is 6.09 Å². The summed E-state index contributed by atoms with van der Waals surface area (Å²) < 4.78 is 5.04. The van der Waals surface area contributed by atoms with Crippen molar-refractivity contribution in [2.24, 2.45) is 5.41 Å². The van der Waals surface area contributed by atoms with Gasteiger partial charge in [-0.1, -0.05) is 56.7 Å². The van der Waals surface area contributed by atoms with Gasteiger partial charge < -0.3 is 10.1 Å². The van der Waals surface area contributed by atoms with E-state index in [2.05, 4.69) is 26.1 Å². The molecule has 0 aromatic heterocycles. The summed E-state index contributed by atoms with van der Waals surface area (Å²) in [5.74, 6) is 0. The molecular formula is C16H22ClNO2. The van der Waals surface area contributed by atoms with Gasteiger partial charge in [-0.2, -0.15) is 0 Å². The van der Waals surface area contributed by atoms with Gasteiger partial charge in [-0.15, -0.1) is 0 Å². The maximum atomic E-state index is 11.4. The maximum absolute atomic E-state index is 11.4. The molecule has 0 aliphatic carbocycles. The van der Waals surface area contributed by atoms with Crippen molar-refractivity contribution >= 4 is 17.7 Å². The van der Waals surface area contributed by atoms with Crippen LogP contribution >= 0.6 is 11.6 Å². The lowest BCUT2D eigenvalue weighted by molar-refractivity contribution is 0.158. The molecule has 1 amide bonds. The largest absolute Gasteiger partial charge is 0.445 e. The molecule has 0 spiro atoms. The molecule has 0 bridgehead atoms. The number of carbonyl (C=O) groups is 1. The van der Waals surface area contributed by atoms with Crippen molar-refractivity contribution in [1.82, 2.24) is 5.32 Å². The second-order valence-electron chi connectivity index (χ2n) is 5.67. The lowest BCUT2D eigenvalue weighted by Crippen LogP contribution is -2.26. The zero-order valence-corrected chi connectivity index (χ0v) is 13.0. The van der Waals surface area contributed by atoms with Crippen LogP contribution in [0.3, 0.4) is 0 Å². The van der Waals surface area contributed by atoms with Gasteiger partial charge in [0.25, 0.3) is 0 Å². The fourth-order valence-corrected chi connectivity index (χ4v) is 1.79. The lowest BCUT2D eigenvalue weighted by atomic mass is 9.96. The van der Waals surface area contributed by atoms with Crippen molar-refractivity contribution in [1.29, 1.82) is 0 Å². The third-order valence-corrected chi connectivity index (χ3v) is 2.74. The first-order chi connectivity index (χ1) is 9.37. The fourth-order valence-electron chi connectivity index (χ4n) is 1.58. The Labute approximate surface area is 126 Å². The standard InChI is InChI=1S/C16H22ClNO2/c1-16(2,3)9-5-11-20-15(19)18-10-8-13-6-4-7-14(17)12-13/h4-7,9,12H,8,10-11H2,1-3H3,(H,18,19). The van der Waals surface area contributed by atoms with Gasteiger partial charge >= 0.3 is 6.09 Å². The number of hydrogen-bond acceptors (Lipinski definition) is 2. The topological polar surface area (TPSA) is 38.3 Å². The summed E-state index contributed by atoms with van der Waals surface area (Å²) in [7, 11) is 0. The highest BCUT2D eigenvalue weighted by Gasteiger charge is 2.04. The monoisotopic (exact) mass is 295 g/mol. The predicted molar refractivity (Wildman–Crippen MR) is 83.1 cm³/mol. The smallest absolute Gasteiger partial charge is 0.407 e. The first-order valence-corrected chi connectivity index (χ1v) is 7.07. The lowest BCUT2D eigenvalue weighted by Gasteiger charge is -2.11. The first-order valence-electron chi connectivity index (χ1n) is 6.69. The zero-order valence-electron chi connectivity index (χ0n) is 12.3. The number of alkyl carbamates (subject to hydrolysis) is 1. The number of allylic oxidation sites excluding steroid dienone is 1. The molecule has 0 aliphatic rings. The van der Waals surface area contributed by atoms with Crippen LogP contribution in [0.4, 0.5) is 4.79 Å². The van der Waals surface area contributed by atoms with E-state index in [4.69, 9.17) is 16.3 Å². The van der Waals surface area contributed by atoms with Gasteiger partial charge in [-0.3, -0.25) is 0 Å². The van der Waals surface area contributed by atoms with E-state index in [1.807, 2.05) is 36.4 Å². The molecule has 3 nitrogen and oxygen atoms in total. The van der Waals surface area contributed by atoms with E-state index in [9.17, 15) is 4.79 Å². The number of benzene rings is 1. The van der Waals surface area contributed by atoms with Crippen molar-refractivity contribution in [3.8, 4) is 0 Å². The van der Waals surface area contributed by atoms with Crippen molar-refractivity contribution in [2.75, 3.05) is 13.2 Å². The minimum absolute atomic E-state index is 0.104. The minimum atomic E-state index is -0.398. The van der Waals surface area contributed by atoms with Gasteiger partial charge in [0.05, 0.1) is 0 Å². The van der Waals surface area contributed by atoms with Crippen LogP contribution in [0.1, 0.15) is 26.3 Å². The quantitative estimate of drug-likeness (QED) is 0.826. The number of amides is 1. The second-order valence-corrected chi connectivity index (χ2v) is 6.11. The second kappa shape index (κ2) is 7.95. The first kappa shape index (κ1) is 16.6. The Morgan fingerprint density at radius 2 is 2.15 bits per heavy atom. The third kappa shape index (κ3) is 7.85. The van der Waals surface area contributed by atoms with E-state index in [-0.39, 0.29) is 5.41 Å². The fraction of sp³-hybridized carbons (Fsp3) is 0.438. The molecule has 1 N–H and O–H groups in total. The molecule has 0 atom stereocenters. The molecule has 0 aliphatic heterocycles. The molecule has 0 heterocycles. The molecule has 1 aromatic rings. The highest BCUT2D eigenvalue weighted by atomic mass is 35.5. The Kier molecular flexibility index (Phi) is 6.59. The molecule has 0 radical (unpaired) electrons. The number of ether oxygens (including phenoxy) is 1. The van der Waals surface area contributed by atoms with Gasteiger partial charge in [-0.25, -0.2) is 4.79 Å². The Bertz CT molecular complexity index is 464. The average Bonchev–Trinajstić information content (AvgIpc) is 2.34. The summed E-state index contributed by atoms with van der Waals surface area (Å²) >= 11 is 5.89. The highest BCUT2D eigenvalue weighted by molar-refractivity contribution is 6.30. The van der Waals surface area contributed by atoms with Crippen molar-refractivity contribution < 1.29 is 9.53 Å². The molecule has 110 valence electrons. The summed E-state index contributed by atoms with van der Waals surface area (Å²) in [6, 6.07) is 7.59. The number of hydrogen-bond donors (Lipinski definition) is 1. The predicted octanol–water partition coefficient (Wildman–Crippen LogP) is 4.21. The van der Waals surface area contributed by atoms with Crippen LogP contribution in [0.5, 0.6) is 0 Å². The molecule has 1 aromatic carbocycles. The van der Waals surface area contributed by atoms with E-state index in [0.717, 1.165) is 12.0 Å². The summed E-state index contributed by atoms with van der Waals surface area (Å²) in [4.78, 5) is 11.4. The van der Waals surface area contributed by atoms with Gasteiger partial charge in [0.2, 0.25) is 0 Å². The summed E-state index contributed by atoms with van der Waals surface area (Å²) in [6.07, 6.45) is 4.21. The van der Waals surface area contributed by atoms with Crippen LogP contribution in [0.2, 0.25) is 5.02 Å². The van der Waals surface area contributed by atoms with Crippen LogP contribution in [0, 0.1) is 5.41 Å². The Balaban J connectivity index is 2.19. The number of nitrogens with one attached hydrogen (secondary N) is 1. The summed E-state index contributed by atoms with van der Waals surface area (Å²) in [6.45, 7) is 7.10. The van der Waals surface area contributed by atoms with E-state index in [1.165, 1.54) is 0 Å². The van der Waals surface area contributed by atoms with Gasteiger partial charge in [0.1, 0.15) is 6.61 Å². The molecule has 4 heteroatoms.